The Labute approximate surface area is 112 Å². The molecule has 94 valence electrons. The Balaban J connectivity index is 2.29. The molecule has 0 aliphatic heterocycles. The minimum Gasteiger partial charge on any atom is -0.478 e. The lowest BCUT2D eigenvalue weighted by Gasteiger charge is -2.04. The number of carbonyl (C=O) groups is 1. The van der Waals surface area contributed by atoms with Crippen molar-refractivity contribution in [2.24, 2.45) is 0 Å². The molecular weight excluding hydrogens is 267 g/mol. The SMILES string of the molecule is N#Cc1ccc(Sc2cc(C(=O)O)ccc2F)cn1. The number of nitrogens with zero attached hydrogens (tertiary/aromatic N) is 2. The summed E-state index contributed by atoms with van der Waals surface area (Å²) < 4.78 is 13.6. The molecule has 0 bridgehead atoms. The summed E-state index contributed by atoms with van der Waals surface area (Å²) in [6.45, 7) is 0. The van der Waals surface area contributed by atoms with Gasteiger partial charge in [0.1, 0.15) is 17.6 Å². The molecule has 0 aliphatic carbocycles. The minimum atomic E-state index is -1.11. The molecule has 19 heavy (non-hydrogen) atoms. The van der Waals surface area contributed by atoms with E-state index in [1.165, 1.54) is 24.4 Å². The fourth-order valence-electron chi connectivity index (χ4n) is 1.35. The number of rotatable bonds is 3. The Bertz CT molecular complexity index is 665. The van der Waals surface area contributed by atoms with E-state index in [4.69, 9.17) is 10.4 Å². The minimum absolute atomic E-state index is 0.0190. The van der Waals surface area contributed by atoms with Gasteiger partial charge in [0.2, 0.25) is 0 Å². The summed E-state index contributed by atoms with van der Waals surface area (Å²) in [7, 11) is 0. The third-order valence-electron chi connectivity index (χ3n) is 2.26. The van der Waals surface area contributed by atoms with Gasteiger partial charge < -0.3 is 5.11 Å². The molecule has 1 aromatic carbocycles. The van der Waals surface area contributed by atoms with Gasteiger partial charge in [0.25, 0.3) is 0 Å². The third-order valence-corrected chi connectivity index (χ3v) is 3.27. The lowest BCUT2D eigenvalue weighted by Crippen LogP contribution is -1.97. The Kier molecular flexibility index (Phi) is 3.78. The summed E-state index contributed by atoms with van der Waals surface area (Å²) in [4.78, 5) is 15.5. The molecule has 0 atom stereocenters. The first-order valence-electron chi connectivity index (χ1n) is 5.17. The van der Waals surface area contributed by atoms with E-state index in [1.54, 1.807) is 6.07 Å². The standard InChI is InChI=1S/C13H7FN2O2S/c14-11-4-1-8(13(17)18)5-12(11)19-10-3-2-9(6-15)16-7-10/h1-5,7H,(H,17,18). The van der Waals surface area contributed by atoms with Crippen molar-refractivity contribution in [1.82, 2.24) is 4.98 Å². The van der Waals surface area contributed by atoms with Gasteiger partial charge in [-0.25, -0.2) is 14.2 Å². The molecule has 0 amide bonds. The van der Waals surface area contributed by atoms with E-state index >= 15 is 0 Å². The molecule has 0 radical (unpaired) electrons. The summed E-state index contributed by atoms with van der Waals surface area (Å²) >= 11 is 1.05. The zero-order valence-corrected chi connectivity index (χ0v) is 10.3. The molecule has 0 spiro atoms. The third kappa shape index (κ3) is 3.09. The fourth-order valence-corrected chi connectivity index (χ4v) is 2.20. The van der Waals surface area contributed by atoms with Crippen molar-refractivity contribution in [1.29, 1.82) is 5.26 Å². The molecular formula is C13H7FN2O2S. The van der Waals surface area contributed by atoms with Crippen molar-refractivity contribution in [3.8, 4) is 6.07 Å². The van der Waals surface area contributed by atoms with Crippen molar-refractivity contribution in [3.05, 3.63) is 53.6 Å². The van der Waals surface area contributed by atoms with Crippen LogP contribution in [-0.4, -0.2) is 16.1 Å². The second-order valence-electron chi connectivity index (χ2n) is 3.54. The normalized spacial score (nSPS) is 9.89. The Morgan fingerprint density at radius 1 is 1.37 bits per heavy atom. The van der Waals surface area contributed by atoms with Crippen molar-refractivity contribution in [2.45, 2.75) is 9.79 Å². The van der Waals surface area contributed by atoms with Gasteiger partial charge in [0.05, 0.1) is 5.56 Å². The molecule has 2 aromatic rings. The largest absolute Gasteiger partial charge is 0.478 e. The average Bonchev–Trinajstić information content (AvgIpc) is 2.42. The van der Waals surface area contributed by atoms with Crippen LogP contribution in [0.5, 0.6) is 0 Å². The quantitative estimate of drug-likeness (QED) is 0.931. The highest BCUT2D eigenvalue weighted by Gasteiger charge is 2.10. The van der Waals surface area contributed by atoms with Crippen molar-refractivity contribution in [2.75, 3.05) is 0 Å². The Morgan fingerprint density at radius 2 is 2.16 bits per heavy atom. The molecule has 0 saturated heterocycles. The van der Waals surface area contributed by atoms with Crippen LogP contribution in [0.25, 0.3) is 0 Å². The molecule has 6 heteroatoms. The Morgan fingerprint density at radius 3 is 2.74 bits per heavy atom. The highest BCUT2D eigenvalue weighted by atomic mass is 32.2. The lowest BCUT2D eigenvalue weighted by molar-refractivity contribution is 0.0696. The van der Waals surface area contributed by atoms with Crippen LogP contribution in [-0.2, 0) is 0 Å². The van der Waals surface area contributed by atoms with Gasteiger partial charge >= 0.3 is 5.97 Å². The van der Waals surface area contributed by atoms with E-state index in [9.17, 15) is 9.18 Å². The first-order valence-corrected chi connectivity index (χ1v) is 5.98. The summed E-state index contributed by atoms with van der Waals surface area (Å²) in [6.07, 6.45) is 1.44. The van der Waals surface area contributed by atoms with E-state index in [2.05, 4.69) is 4.98 Å². The van der Waals surface area contributed by atoms with Crippen LogP contribution in [0.15, 0.2) is 46.3 Å². The van der Waals surface area contributed by atoms with Crippen LogP contribution in [0.4, 0.5) is 4.39 Å². The second-order valence-corrected chi connectivity index (χ2v) is 4.66. The van der Waals surface area contributed by atoms with Crippen molar-refractivity contribution in [3.63, 3.8) is 0 Å². The number of benzene rings is 1. The second kappa shape index (κ2) is 5.50. The fraction of sp³-hybridized carbons (Fsp3) is 0. The molecule has 0 fully saturated rings. The smallest absolute Gasteiger partial charge is 0.335 e. The number of hydrogen-bond donors (Lipinski definition) is 1. The number of halogens is 1. The van der Waals surface area contributed by atoms with Crippen molar-refractivity contribution >= 4 is 17.7 Å². The first kappa shape index (κ1) is 13.1. The zero-order valence-electron chi connectivity index (χ0n) is 9.50. The monoisotopic (exact) mass is 274 g/mol. The van der Waals surface area contributed by atoms with Gasteiger partial charge in [-0.15, -0.1) is 0 Å². The van der Waals surface area contributed by atoms with E-state index in [0.717, 1.165) is 17.8 Å². The highest BCUT2D eigenvalue weighted by Crippen LogP contribution is 2.30. The van der Waals surface area contributed by atoms with Gasteiger partial charge in [-0.05, 0) is 30.3 Å². The topological polar surface area (TPSA) is 74.0 Å². The summed E-state index contributed by atoms with van der Waals surface area (Å²) in [5, 5.41) is 17.5. The molecule has 1 heterocycles. The maximum Gasteiger partial charge on any atom is 0.335 e. The maximum atomic E-state index is 13.6. The number of pyridine rings is 1. The molecule has 0 unspecified atom stereocenters. The van der Waals surface area contributed by atoms with E-state index < -0.39 is 11.8 Å². The van der Waals surface area contributed by atoms with Gasteiger partial charge in [-0.3, -0.25) is 0 Å². The van der Waals surface area contributed by atoms with E-state index in [0.29, 0.717) is 4.90 Å². The van der Waals surface area contributed by atoms with E-state index in [1.807, 2.05) is 6.07 Å². The van der Waals surface area contributed by atoms with Crippen LogP contribution in [0.3, 0.4) is 0 Å². The van der Waals surface area contributed by atoms with Crippen LogP contribution in [0.2, 0.25) is 0 Å². The van der Waals surface area contributed by atoms with Crippen LogP contribution in [0.1, 0.15) is 16.1 Å². The molecule has 2 rings (SSSR count). The molecule has 1 aromatic heterocycles. The molecule has 1 N–H and O–H groups in total. The number of carboxylic acids is 1. The summed E-state index contributed by atoms with van der Waals surface area (Å²) in [6, 6.07) is 8.61. The van der Waals surface area contributed by atoms with Gasteiger partial charge in [-0.2, -0.15) is 5.26 Å². The predicted molar refractivity (Wildman–Crippen MR) is 66.4 cm³/mol. The number of hydrogen-bond acceptors (Lipinski definition) is 4. The van der Waals surface area contributed by atoms with Crippen LogP contribution < -0.4 is 0 Å². The predicted octanol–water partition coefficient (Wildman–Crippen LogP) is 2.94. The molecule has 0 saturated carbocycles. The van der Waals surface area contributed by atoms with E-state index in [-0.39, 0.29) is 16.2 Å². The first-order chi connectivity index (χ1) is 9.10. The highest BCUT2D eigenvalue weighted by molar-refractivity contribution is 7.99. The summed E-state index contributed by atoms with van der Waals surface area (Å²) in [5.41, 5.74) is 0.287. The van der Waals surface area contributed by atoms with Gasteiger partial charge in [0, 0.05) is 16.0 Å². The number of nitriles is 1. The average molecular weight is 274 g/mol. The Hall–Kier alpha value is -2.39. The lowest BCUT2D eigenvalue weighted by atomic mass is 10.2. The molecule has 4 nitrogen and oxygen atoms in total. The van der Waals surface area contributed by atoms with Crippen molar-refractivity contribution < 1.29 is 14.3 Å². The van der Waals surface area contributed by atoms with Gasteiger partial charge in [0.15, 0.2) is 0 Å². The number of carboxylic acid groups (broad SMARTS) is 1. The number of aromatic nitrogens is 1. The number of aromatic carboxylic acids is 1. The maximum absolute atomic E-state index is 13.6. The summed E-state index contributed by atoms with van der Waals surface area (Å²) in [5.74, 6) is -1.61. The van der Waals surface area contributed by atoms with Crippen LogP contribution in [0, 0.1) is 17.1 Å². The van der Waals surface area contributed by atoms with Crippen LogP contribution >= 0.6 is 11.8 Å². The van der Waals surface area contributed by atoms with Gasteiger partial charge in [-0.1, -0.05) is 11.8 Å². The molecule has 0 aliphatic rings. The zero-order chi connectivity index (χ0) is 13.8.